The quantitative estimate of drug-likeness (QED) is 0.701. The lowest BCUT2D eigenvalue weighted by Gasteiger charge is -2.29. The zero-order valence-corrected chi connectivity index (χ0v) is 9.88. The van der Waals surface area contributed by atoms with Crippen LogP contribution in [0.4, 0.5) is 0 Å². The summed E-state index contributed by atoms with van der Waals surface area (Å²) >= 11 is 0. The van der Waals surface area contributed by atoms with Gasteiger partial charge in [-0.3, -0.25) is 4.79 Å². The van der Waals surface area contributed by atoms with Gasteiger partial charge in [-0.1, -0.05) is 13.8 Å². The van der Waals surface area contributed by atoms with Crippen LogP contribution in [0.15, 0.2) is 0 Å². The normalized spacial score (nSPS) is 24.0. The van der Waals surface area contributed by atoms with Crippen molar-refractivity contribution >= 4 is 5.91 Å². The molecule has 0 aliphatic carbocycles. The molecule has 0 aromatic carbocycles. The first-order valence-corrected chi connectivity index (χ1v) is 5.68. The second-order valence-corrected chi connectivity index (χ2v) is 4.46. The molecular weight excluding hydrogens is 192 g/mol. The van der Waals surface area contributed by atoms with E-state index in [1.807, 2.05) is 0 Å². The molecule has 88 valence electrons. The van der Waals surface area contributed by atoms with Crippen LogP contribution < -0.4 is 10.6 Å². The monoisotopic (exact) mass is 214 g/mol. The van der Waals surface area contributed by atoms with Crippen LogP contribution in [0.5, 0.6) is 0 Å². The van der Waals surface area contributed by atoms with E-state index in [2.05, 4.69) is 24.5 Å². The molecule has 4 heteroatoms. The van der Waals surface area contributed by atoms with Gasteiger partial charge in [0.2, 0.25) is 5.91 Å². The van der Waals surface area contributed by atoms with Crippen LogP contribution in [0.2, 0.25) is 0 Å². The molecular formula is C11H22N2O2. The molecule has 0 spiro atoms. The summed E-state index contributed by atoms with van der Waals surface area (Å²) in [7, 11) is 1.69. The number of nitrogens with one attached hydrogen (secondary N) is 2. The van der Waals surface area contributed by atoms with Crippen molar-refractivity contribution in [1.29, 1.82) is 0 Å². The Labute approximate surface area is 91.8 Å². The Morgan fingerprint density at radius 3 is 2.87 bits per heavy atom. The van der Waals surface area contributed by atoms with Gasteiger partial charge in [-0.15, -0.1) is 0 Å². The minimum atomic E-state index is -0.0405. The van der Waals surface area contributed by atoms with Crippen LogP contribution in [-0.2, 0) is 9.53 Å². The third-order valence-electron chi connectivity index (χ3n) is 2.85. The molecule has 1 rings (SSSR count). The minimum absolute atomic E-state index is 0.0405. The van der Waals surface area contributed by atoms with Crippen molar-refractivity contribution in [2.45, 2.75) is 38.8 Å². The van der Waals surface area contributed by atoms with E-state index < -0.39 is 0 Å². The zero-order valence-electron chi connectivity index (χ0n) is 9.88. The van der Waals surface area contributed by atoms with Crippen LogP contribution in [0, 0.1) is 5.92 Å². The molecule has 2 N–H and O–H groups in total. The Hall–Kier alpha value is -0.610. The summed E-state index contributed by atoms with van der Waals surface area (Å²) in [6.07, 6.45) is 1.99. The molecule has 1 aliphatic heterocycles. The summed E-state index contributed by atoms with van der Waals surface area (Å²) in [6, 6.07) is 0.213. The van der Waals surface area contributed by atoms with Gasteiger partial charge in [0, 0.05) is 19.7 Å². The van der Waals surface area contributed by atoms with Gasteiger partial charge in [-0.05, 0) is 18.8 Å². The van der Waals surface area contributed by atoms with Crippen LogP contribution in [0.3, 0.4) is 0 Å². The van der Waals surface area contributed by atoms with E-state index in [-0.39, 0.29) is 18.0 Å². The topological polar surface area (TPSA) is 50.4 Å². The summed E-state index contributed by atoms with van der Waals surface area (Å²) in [5.74, 6) is 0.600. The Bertz CT molecular complexity index is 207. The fraction of sp³-hybridized carbons (Fsp3) is 0.909. The summed E-state index contributed by atoms with van der Waals surface area (Å²) in [5.41, 5.74) is 0. The molecule has 1 saturated heterocycles. The lowest BCUT2D eigenvalue weighted by Crippen LogP contribution is -2.53. The van der Waals surface area contributed by atoms with E-state index in [9.17, 15) is 4.79 Å². The van der Waals surface area contributed by atoms with Gasteiger partial charge in [0.15, 0.2) is 0 Å². The smallest absolute Gasteiger partial charge is 0.237 e. The number of hydrogen-bond donors (Lipinski definition) is 2. The van der Waals surface area contributed by atoms with Crippen molar-refractivity contribution in [3.8, 4) is 0 Å². The van der Waals surface area contributed by atoms with Gasteiger partial charge in [-0.2, -0.15) is 0 Å². The van der Waals surface area contributed by atoms with E-state index in [4.69, 9.17) is 4.74 Å². The maximum atomic E-state index is 11.5. The van der Waals surface area contributed by atoms with Crippen molar-refractivity contribution in [1.82, 2.24) is 10.6 Å². The van der Waals surface area contributed by atoms with Crippen LogP contribution in [0.1, 0.15) is 26.7 Å². The van der Waals surface area contributed by atoms with Crippen molar-refractivity contribution in [3.63, 3.8) is 0 Å². The molecule has 2 unspecified atom stereocenters. The lowest BCUT2D eigenvalue weighted by molar-refractivity contribution is -0.124. The van der Waals surface area contributed by atoms with Crippen molar-refractivity contribution in [3.05, 3.63) is 0 Å². The molecule has 15 heavy (non-hydrogen) atoms. The number of hydrogen-bond acceptors (Lipinski definition) is 3. The Morgan fingerprint density at radius 1 is 1.60 bits per heavy atom. The predicted octanol–water partition coefficient (Wildman–Crippen LogP) is 0.526. The largest absolute Gasteiger partial charge is 0.383 e. The average molecular weight is 214 g/mol. The number of rotatable bonds is 5. The maximum absolute atomic E-state index is 11.5. The molecule has 0 saturated carbocycles. The van der Waals surface area contributed by atoms with Crippen LogP contribution in [0.25, 0.3) is 0 Å². The van der Waals surface area contributed by atoms with Gasteiger partial charge in [0.05, 0.1) is 12.6 Å². The molecule has 2 atom stereocenters. The summed E-state index contributed by atoms with van der Waals surface area (Å²) < 4.78 is 5.15. The van der Waals surface area contributed by atoms with E-state index in [0.717, 1.165) is 19.4 Å². The molecule has 0 aromatic rings. The van der Waals surface area contributed by atoms with Crippen LogP contribution >= 0.6 is 0 Å². The predicted molar refractivity (Wildman–Crippen MR) is 59.7 cm³/mol. The fourth-order valence-corrected chi connectivity index (χ4v) is 1.80. The number of ether oxygens (including phenoxy) is 1. The highest BCUT2D eigenvalue weighted by Crippen LogP contribution is 2.08. The van der Waals surface area contributed by atoms with Gasteiger partial charge in [0.25, 0.3) is 0 Å². The Balaban J connectivity index is 2.45. The lowest BCUT2D eigenvalue weighted by atomic mass is 10.0. The first-order chi connectivity index (χ1) is 7.15. The molecule has 4 nitrogen and oxygen atoms in total. The Morgan fingerprint density at radius 2 is 2.33 bits per heavy atom. The number of carbonyl (C=O) groups is 1. The van der Waals surface area contributed by atoms with Crippen molar-refractivity contribution in [2.24, 2.45) is 5.92 Å². The second-order valence-electron chi connectivity index (χ2n) is 4.46. The molecule has 1 fully saturated rings. The van der Waals surface area contributed by atoms with Gasteiger partial charge < -0.3 is 15.4 Å². The van der Waals surface area contributed by atoms with E-state index in [0.29, 0.717) is 12.5 Å². The highest BCUT2D eigenvalue weighted by molar-refractivity contribution is 5.82. The number of piperidine rings is 1. The molecule has 0 radical (unpaired) electrons. The third-order valence-corrected chi connectivity index (χ3v) is 2.85. The summed E-state index contributed by atoms with van der Waals surface area (Å²) in [5, 5.41) is 6.25. The van der Waals surface area contributed by atoms with Gasteiger partial charge in [-0.25, -0.2) is 0 Å². The van der Waals surface area contributed by atoms with E-state index in [1.165, 1.54) is 0 Å². The first kappa shape index (κ1) is 12.5. The first-order valence-electron chi connectivity index (χ1n) is 5.68. The average Bonchev–Trinajstić information content (AvgIpc) is 2.20. The molecule has 0 bridgehead atoms. The minimum Gasteiger partial charge on any atom is -0.383 e. The number of carbonyl (C=O) groups excluding carboxylic acids is 1. The highest BCUT2D eigenvalue weighted by Gasteiger charge is 2.25. The molecule has 1 heterocycles. The third kappa shape index (κ3) is 3.80. The standard InChI is InChI=1S/C11H22N2O2/c1-8(2)10(7-15-3)13-9-5-4-6-12-11(9)14/h8-10,13H,4-7H2,1-3H3,(H,12,14). The van der Waals surface area contributed by atoms with Crippen molar-refractivity contribution in [2.75, 3.05) is 20.3 Å². The fourth-order valence-electron chi connectivity index (χ4n) is 1.80. The number of methoxy groups -OCH3 is 1. The summed E-state index contributed by atoms with van der Waals surface area (Å²) in [6.45, 7) is 5.74. The highest BCUT2D eigenvalue weighted by atomic mass is 16.5. The number of amides is 1. The van der Waals surface area contributed by atoms with Gasteiger partial charge in [0.1, 0.15) is 0 Å². The molecule has 1 aliphatic rings. The van der Waals surface area contributed by atoms with Gasteiger partial charge >= 0.3 is 0 Å². The van der Waals surface area contributed by atoms with Crippen molar-refractivity contribution < 1.29 is 9.53 Å². The Kier molecular flexibility index (Phi) is 5.05. The van der Waals surface area contributed by atoms with E-state index in [1.54, 1.807) is 7.11 Å². The molecule has 1 amide bonds. The molecule has 0 aromatic heterocycles. The SMILES string of the molecule is COCC(NC1CCCNC1=O)C(C)C. The second kappa shape index (κ2) is 6.08. The van der Waals surface area contributed by atoms with E-state index >= 15 is 0 Å². The summed E-state index contributed by atoms with van der Waals surface area (Å²) in [4.78, 5) is 11.5. The zero-order chi connectivity index (χ0) is 11.3. The maximum Gasteiger partial charge on any atom is 0.237 e. The van der Waals surface area contributed by atoms with Crippen LogP contribution in [-0.4, -0.2) is 38.3 Å².